The molecule has 33 heavy (non-hydrogen) atoms. The van der Waals surface area contributed by atoms with Crippen LogP contribution in [0.25, 0.3) is 16.7 Å². The van der Waals surface area contributed by atoms with Crippen molar-refractivity contribution in [3.05, 3.63) is 94.3 Å². The zero-order chi connectivity index (χ0) is 22.8. The number of fused-ring (bicyclic) bond motifs is 3. The molecule has 0 amide bonds. The first-order valence-electron chi connectivity index (χ1n) is 10.4. The van der Waals surface area contributed by atoms with Gasteiger partial charge in [0, 0.05) is 11.3 Å². The van der Waals surface area contributed by atoms with Crippen LogP contribution in [-0.2, 0) is 12.3 Å². The Balaban J connectivity index is 1.60. The molecule has 2 aromatic heterocycles. The summed E-state index contributed by atoms with van der Waals surface area (Å²) in [5.74, 6) is 2.76. The molecule has 0 saturated heterocycles. The second-order valence-corrected chi connectivity index (χ2v) is 8.42. The molecule has 0 saturated carbocycles. The summed E-state index contributed by atoms with van der Waals surface area (Å²) in [6, 6.07) is 23.2. The van der Waals surface area contributed by atoms with Gasteiger partial charge in [-0.2, -0.15) is 0 Å². The van der Waals surface area contributed by atoms with Gasteiger partial charge in [-0.15, -0.1) is 10.2 Å². The van der Waals surface area contributed by atoms with Crippen LogP contribution in [0.4, 0.5) is 0 Å². The third-order valence-electron chi connectivity index (χ3n) is 5.53. The lowest BCUT2D eigenvalue weighted by Crippen LogP contribution is -2.24. The summed E-state index contributed by atoms with van der Waals surface area (Å²) in [5.41, 5.74) is 2.72. The Morgan fingerprint density at radius 2 is 1.64 bits per heavy atom. The minimum Gasteiger partial charge on any atom is -0.497 e. The monoisotopic (exact) mass is 458 g/mol. The average Bonchev–Trinajstić information content (AvgIpc) is 3.30. The Kier molecular flexibility index (Phi) is 5.75. The van der Waals surface area contributed by atoms with Gasteiger partial charge in [0.2, 0.25) is 5.78 Å². The molecule has 2 heterocycles. The number of thioether (sulfide) groups is 1. The molecule has 0 radical (unpaired) electrons. The number of para-hydroxylation sites is 2. The molecule has 0 aliphatic carbocycles. The highest BCUT2D eigenvalue weighted by molar-refractivity contribution is 7.98. The third kappa shape index (κ3) is 3.93. The number of nitrogens with zero attached hydrogens (tertiary/aromatic N) is 4. The van der Waals surface area contributed by atoms with Gasteiger partial charge in [0.25, 0.3) is 5.56 Å². The summed E-state index contributed by atoms with van der Waals surface area (Å²) in [7, 11) is 3.28. The second kappa shape index (κ2) is 8.99. The molecule has 5 rings (SSSR count). The third-order valence-corrected chi connectivity index (χ3v) is 6.53. The predicted octanol–water partition coefficient (Wildman–Crippen LogP) is 4.40. The van der Waals surface area contributed by atoms with Gasteiger partial charge in [-0.05, 0) is 35.9 Å². The van der Waals surface area contributed by atoms with Crippen molar-refractivity contribution >= 4 is 28.4 Å². The molecule has 7 nitrogen and oxygen atoms in total. The minimum atomic E-state index is -0.108. The number of aromatic nitrogens is 4. The van der Waals surface area contributed by atoms with E-state index in [9.17, 15) is 4.79 Å². The van der Waals surface area contributed by atoms with E-state index in [1.54, 1.807) is 30.5 Å². The van der Waals surface area contributed by atoms with Crippen LogP contribution in [-0.4, -0.2) is 33.4 Å². The number of benzene rings is 3. The van der Waals surface area contributed by atoms with Gasteiger partial charge in [0.15, 0.2) is 5.16 Å². The average molecular weight is 459 g/mol. The maximum atomic E-state index is 13.4. The van der Waals surface area contributed by atoms with E-state index in [4.69, 9.17) is 9.47 Å². The summed E-state index contributed by atoms with van der Waals surface area (Å²) in [6.45, 7) is 0.332. The normalized spacial score (nSPS) is 11.2. The molecule has 0 spiro atoms. The maximum Gasteiger partial charge on any atom is 0.263 e. The Labute approximate surface area is 194 Å². The van der Waals surface area contributed by atoms with Gasteiger partial charge in [-0.3, -0.25) is 13.8 Å². The molecule has 5 aromatic rings. The molecule has 0 fully saturated rings. The lowest BCUT2D eigenvalue weighted by atomic mass is 10.2. The van der Waals surface area contributed by atoms with Crippen LogP contribution in [0.2, 0.25) is 0 Å². The Morgan fingerprint density at radius 1 is 0.879 bits per heavy atom. The van der Waals surface area contributed by atoms with E-state index < -0.39 is 0 Å². The smallest absolute Gasteiger partial charge is 0.263 e. The van der Waals surface area contributed by atoms with Crippen LogP contribution in [0.5, 0.6) is 11.5 Å². The quantitative estimate of drug-likeness (QED) is 0.337. The van der Waals surface area contributed by atoms with Crippen LogP contribution >= 0.6 is 11.8 Å². The number of methoxy groups -OCH3 is 2. The molecule has 0 unspecified atom stereocenters. The molecule has 0 atom stereocenters. The fraction of sp³-hybridized carbons (Fsp3) is 0.160. The number of hydrogen-bond acceptors (Lipinski definition) is 6. The van der Waals surface area contributed by atoms with Crippen molar-refractivity contribution in [2.45, 2.75) is 17.5 Å². The van der Waals surface area contributed by atoms with Crippen LogP contribution in [0.15, 0.2) is 82.7 Å². The summed E-state index contributed by atoms with van der Waals surface area (Å²) in [4.78, 5) is 13.4. The number of ether oxygens (including phenoxy) is 2. The van der Waals surface area contributed by atoms with Crippen molar-refractivity contribution in [3.8, 4) is 11.5 Å². The first-order valence-corrected chi connectivity index (χ1v) is 11.4. The minimum absolute atomic E-state index is 0.108. The van der Waals surface area contributed by atoms with Gasteiger partial charge in [-0.25, -0.2) is 0 Å². The van der Waals surface area contributed by atoms with Gasteiger partial charge >= 0.3 is 0 Å². The molecular formula is C25H22N4O3S. The standard InChI is InChI=1S/C25H22N4O3S/c1-31-19-13-11-17(12-14-19)16-33-25-27-26-24-28(15-18-7-3-6-10-22(18)32-2)23(30)20-8-4-5-9-21(20)29(24)25/h3-14H,15-16H2,1-2H3. The zero-order valence-corrected chi connectivity index (χ0v) is 19.1. The molecule has 0 bridgehead atoms. The van der Waals surface area contributed by atoms with E-state index in [1.165, 1.54) is 0 Å². The highest BCUT2D eigenvalue weighted by Crippen LogP contribution is 2.26. The van der Waals surface area contributed by atoms with Gasteiger partial charge < -0.3 is 9.47 Å². The molecule has 0 aliphatic rings. The van der Waals surface area contributed by atoms with E-state index >= 15 is 0 Å². The Hall–Kier alpha value is -3.78. The van der Waals surface area contributed by atoms with Crippen molar-refractivity contribution in [2.75, 3.05) is 14.2 Å². The number of hydrogen-bond donors (Lipinski definition) is 0. The van der Waals surface area contributed by atoms with Crippen LogP contribution < -0.4 is 15.0 Å². The predicted molar refractivity (Wildman–Crippen MR) is 129 cm³/mol. The lowest BCUT2D eigenvalue weighted by molar-refractivity contribution is 0.408. The summed E-state index contributed by atoms with van der Waals surface area (Å²) >= 11 is 1.57. The summed E-state index contributed by atoms with van der Waals surface area (Å²) in [6.07, 6.45) is 0. The van der Waals surface area contributed by atoms with E-state index in [0.29, 0.717) is 23.5 Å². The first kappa shape index (κ1) is 21.1. The molecule has 3 aromatic carbocycles. The van der Waals surface area contributed by atoms with E-state index in [0.717, 1.165) is 33.3 Å². The van der Waals surface area contributed by atoms with Crippen LogP contribution in [0, 0.1) is 0 Å². The van der Waals surface area contributed by atoms with Crippen LogP contribution in [0.3, 0.4) is 0 Å². The fourth-order valence-corrected chi connectivity index (χ4v) is 4.74. The van der Waals surface area contributed by atoms with Crippen molar-refractivity contribution in [2.24, 2.45) is 0 Å². The Bertz CT molecular complexity index is 1490. The molecule has 8 heteroatoms. The van der Waals surface area contributed by atoms with Crippen molar-refractivity contribution in [1.82, 2.24) is 19.2 Å². The van der Waals surface area contributed by atoms with Crippen molar-refractivity contribution in [3.63, 3.8) is 0 Å². The molecule has 0 N–H and O–H groups in total. The molecular weight excluding hydrogens is 436 g/mol. The second-order valence-electron chi connectivity index (χ2n) is 7.48. The van der Waals surface area contributed by atoms with Gasteiger partial charge in [0.1, 0.15) is 11.5 Å². The molecule has 0 aliphatic heterocycles. The largest absolute Gasteiger partial charge is 0.497 e. The van der Waals surface area contributed by atoms with E-state index in [2.05, 4.69) is 10.2 Å². The van der Waals surface area contributed by atoms with E-state index in [1.807, 2.05) is 77.2 Å². The maximum absolute atomic E-state index is 13.4. The fourth-order valence-electron chi connectivity index (χ4n) is 3.84. The zero-order valence-electron chi connectivity index (χ0n) is 18.3. The van der Waals surface area contributed by atoms with Crippen molar-refractivity contribution in [1.29, 1.82) is 0 Å². The highest BCUT2D eigenvalue weighted by atomic mass is 32.2. The topological polar surface area (TPSA) is 70.7 Å². The van der Waals surface area contributed by atoms with Gasteiger partial charge in [-0.1, -0.05) is 54.2 Å². The van der Waals surface area contributed by atoms with E-state index in [-0.39, 0.29) is 5.56 Å². The molecule has 166 valence electrons. The lowest BCUT2D eigenvalue weighted by Gasteiger charge is -2.13. The van der Waals surface area contributed by atoms with Crippen molar-refractivity contribution < 1.29 is 9.47 Å². The summed E-state index contributed by atoms with van der Waals surface area (Å²) in [5, 5.41) is 10.2. The number of rotatable bonds is 7. The Morgan fingerprint density at radius 3 is 2.42 bits per heavy atom. The SMILES string of the molecule is COc1ccc(CSc2nnc3n(Cc4ccccc4OC)c(=O)c4ccccc4n23)cc1. The highest BCUT2D eigenvalue weighted by Gasteiger charge is 2.18. The first-order chi connectivity index (χ1) is 16.2. The van der Waals surface area contributed by atoms with Crippen LogP contribution in [0.1, 0.15) is 11.1 Å². The van der Waals surface area contributed by atoms with Gasteiger partial charge in [0.05, 0.1) is 31.7 Å². The summed E-state index contributed by atoms with van der Waals surface area (Å²) < 4.78 is 14.4.